The summed E-state index contributed by atoms with van der Waals surface area (Å²) in [7, 11) is -4.14. The molecule has 26 heavy (non-hydrogen) atoms. The number of carbonyl (C=O) groups excluding carboxylic acids is 1. The number of carbonyl (C=O) groups is 1. The van der Waals surface area contributed by atoms with E-state index in [1.54, 1.807) is 30.3 Å². The first kappa shape index (κ1) is 19.8. The summed E-state index contributed by atoms with van der Waals surface area (Å²) in [5.41, 5.74) is 2.22. The van der Waals surface area contributed by atoms with Gasteiger partial charge in [0.2, 0.25) is 0 Å². The molecule has 0 fully saturated rings. The van der Waals surface area contributed by atoms with E-state index in [0.717, 1.165) is 11.1 Å². The fourth-order valence-electron chi connectivity index (χ4n) is 2.55. The van der Waals surface area contributed by atoms with Crippen LogP contribution < -0.4 is 14.2 Å². The summed E-state index contributed by atoms with van der Waals surface area (Å²) in [5, 5.41) is 0. The summed E-state index contributed by atoms with van der Waals surface area (Å²) in [6.07, 6.45) is -1.07. The second-order valence-corrected chi connectivity index (χ2v) is 7.95. The number of rotatable bonds is 6. The average Bonchev–Trinajstić information content (AvgIpc) is 2.54. The van der Waals surface area contributed by atoms with Gasteiger partial charge >= 0.3 is 16.3 Å². The van der Waals surface area contributed by atoms with Gasteiger partial charge in [0, 0.05) is 0 Å². The summed E-state index contributed by atoms with van der Waals surface area (Å²) < 4.78 is 34.2. The van der Waals surface area contributed by atoms with E-state index < -0.39 is 16.3 Å². The second-order valence-electron chi connectivity index (χ2n) is 6.53. The van der Waals surface area contributed by atoms with E-state index in [1.165, 1.54) is 0 Å². The number of anilines is 1. The lowest BCUT2D eigenvalue weighted by Gasteiger charge is -2.20. The lowest BCUT2D eigenvalue weighted by Crippen LogP contribution is -2.37. The van der Waals surface area contributed by atoms with E-state index in [0.29, 0.717) is 5.69 Å². The molecule has 2 aromatic carbocycles. The molecule has 2 N–H and O–H groups in total. The predicted molar refractivity (Wildman–Crippen MR) is 103 cm³/mol. The van der Waals surface area contributed by atoms with Crippen molar-refractivity contribution in [1.82, 2.24) is 4.72 Å². The molecule has 2 rings (SSSR count). The van der Waals surface area contributed by atoms with Crippen molar-refractivity contribution >= 4 is 22.0 Å². The summed E-state index contributed by atoms with van der Waals surface area (Å²) in [4.78, 5) is 11.9. The number of amides is 1. The first-order valence-corrected chi connectivity index (χ1v) is 9.88. The number of hydrogen-bond donors (Lipinski definition) is 2. The molecule has 6 nitrogen and oxygen atoms in total. The van der Waals surface area contributed by atoms with Crippen LogP contribution in [0.15, 0.2) is 48.5 Å². The SMILES string of the molecule is CC(C)c1cccc(C(C)C)c1NS(=O)(=O)NC(=O)Oc1ccccc1. The van der Waals surface area contributed by atoms with Crippen LogP contribution in [0.25, 0.3) is 0 Å². The molecule has 0 heterocycles. The molecule has 0 aromatic heterocycles. The molecule has 0 atom stereocenters. The number of para-hydroxylation sites is 2. The molecule has 0 unspecified atom stereocenters. The molecular weight excluding hydrogens is 352 g/mol. The van der Waals surface area contributed by atoms with Gasteiger partial charge in [0.25, 0.3) is 0 Å². The van der Waals surface area contributed by atoms with Gasteiger partial charge in [-0.2, -0.15) is 8.42 Å². The molecular formula is C19H24N2O4S. The van der Waals surface area contributed by atoms with Crippen LogP contribution in [0.5, 0.6) is 5.75 Å². The molecule has 0 aliphatic carbocycles. The highest BCUT2D eigenvalue weighted by molar-refractivity contribution is 7.91. The molecule has 7 heteroatoms. The van der Waals surface area contributed by atoms with Gasteiger partial charge in [-0.3, -0.25) is 4.72 Å². The van der Waals surface area contributed by atoms with E-state index >= 15 is 0 Å². The van der Waals surface area contributed by atoms with Crippen LogP contribution in [0.3, 0.4) is 0 Å². The maximum atomic E-state index is 12.4. The molecule has 140 valence electrons. The normalized spacial score (nSPS) is 11.5. The minimum absolute atomic E-state index is 0.114. The molecule has 0 saturated carbocycles. The van der Waals surface area contributed by atoms with Gasteiger partial charge in [-0.05, 0) is 35.1 Å². The third-order valence-electron chi connectivity index (χ3n) is 3.78. The van der Waals surface area contributed by atoms with Gasteiger partial charge in [0.15, 0.2) is 0 Å². The highest BCUT2D eigenvalue weighted by Crippen LogP contribution is 2.32. The van der Waals surface area contributed by atoms with Crippen molar-refractivity contribution in [1.29, 1.82) is 0 Å². The van der Waals surface area contributed by atoms with E-state index in [4.69, 9.17) is 4.74 Å². The zero-order chi connectivity index (χ0) is 19.3. The topological polar surface area (TPSA) is 84.5 Å². The smallest absolute Gasteiger partial charge is 0.410 e. The lowest BCUT2D eigenvalue weighted by molar-refractivity contribution is 0.207. The Kier molecular flexibility index (Phi) is 6.26. The van der Waals surface area contributed by atoms with E-state index in [9.17, 15) is 13.2 Å². The molecule has 1 amide bonds. The second kappa shape index (κ2) is 8.23. The zero-order valence-electron chi connectivity index (χ0n) is 15.3. The van der Waals surface area contributed by atoms with Crippen molar-refractivity contribution in [2.24, 2.45) is 0 Å². The fraction of sp³-hybridized carbons (Fsp3) is 0.316. The Morgan fingerprint density at radius 2 is 1.42 bits per heavy atom. The van der Waals surface area contributed by atoms with Crippen LogP contribution in [0.2, 0.25) is 0 Å². The summed E-state index contributed by atoms with van der Waals surface area (Å²) in [6.45, 7) is 7.92. The Balaban J connectivity index is 2.22. The van der Waals surface area contributed by atoms with Crippen molar-refractivity contribution in [3.63, 3.8) is 0 Å². The molecule has 2 aromatic rings. The van der Waals surface area contributed by atoms with Crippen LogP contribution >= 0.6 is 0 Å². The summed E-state index contributed by atoms with van der Waals surface area (Å²) in [6, 6.07) is 13.9. The van der Waals surface area contributed by atoms with Gasteiger partial charge in [0.1, 0.15) is 5.75 Å². The van der Waals surface area contributed by atoms with Crippen molar-refractivity contribution in [2.75, 3.05) is 4.72 Å². The molecule has 0 radical (unpaired) electrons. The number of benzene rings is 2. The molecule has 0 spiro atoms. The largest absolute Gasteiger partial charge is 0.427 e. The van der Waals surface area contributed by atoms with Gasteiger partial charge in [0.05, 0.1) is 5.69 Å². The average molecular weight is 376 g/mol. The summed E-state index contributed by atoms with van der Waals surface area (Å²) in [5.74, 6) is 0.482. The van der Waals surface area contributed by atoms with E-state index in [-0.39, 0.29) is 17.6 Å². The molecule has 0 bridgehead atoms. The fourth-order valence-corrected chi connectivity index (χ4v) is 3.37. The van der Waals surface area contributed by atoms with Crippen LogP contribution in [0, 0.1) is 0 Å². The van der Waals surface area contributed by atoms with E-state index in [2.05, 4.69) is 4.72 Å². The Labute approximate surface area is 154 Å². The standard InChI is InChI=1S/C19H24N2O4S/c1-13(2)16-11-8-12-17(14(3)4)18(16)20-26(23,24)21-19(22)25-15-9-6-5-7-10-15/h5-14,20H,1-4H3,(H,21,22). The van der Waals surface area contributed by atoms with Crippen molar-refractivity contribution in [3.8, 4) is 5.75 Å². The number of nitrogens with one attached hydrogen (secondary N) is 2. The molecule has 0 aliphatic rings. The first-order chi connectivity index (χ1) is 12.2. The highest BCUT2D eigenvalue weighted by atomic mass is 32.2. The van der Waals surface area contributed by atoms with Crippen LogP contribution in [-0.2, 0) is 10.2 Å². The monoisotopic (exact) mass is 376 g/mol. The Morgan fingerprint density at radius 1 is 0.885 bits per heavy atom. The van der Waals surface area contributed by atoms with Crippen molar-refractivity contribution in [3.05, 3.63) is 59.7 Å². The van der Waals surface area contributed by atoms with Crippen molar-refractivity contribution < 1.29 is 17.9 Å². The van der Waals surface area contributed by atoms with Gasteiger partial charge in [-0.15, -0.1) is 0 Å². The Hall–Kier alpha value is -2.54. The Morgan fingerprint density at radius 3 is 1.92 bits per heavy atom. The van der Waals surface area contributed by atoms with E-state index in [1.807, 2.05) is 50.6 Å². The minimum atomic E-state index is -4.14. The maximum Gasteiger partial charge on any atom is 0.427 e. The number of ether oxygens (including phenoxy) is 1. The van der Waals surface area contributed by atoms with Crippen LogP contribution in [0.4, 0.5) is 10.5 Å². The van der Waals surface area contributed by atoms with Gasteiger partial charge in [-0.1, -0.05) is 64.1 Å². The summed E-state index contributed by atoms with van der Waals surface area (Å²) >= 11 is 0. The third-order valence-corrected chi connectivity index (χ3v) is 4.69. The number of hydrogen-bond acceptors (Lipinski definition) is 4. The third kappa shape index (κ3) is 5.23. The van der Waals surface area contributed by atoms with Gasteiger partial charge < -0.3 is 4.74 Å². The first-order valence-electron chi connectivity index (χ1n) is 8.40. The minimum Gasteiger partial charge on any atom is -0.410 e. The predicted octanol–water partition coefficient (Wildman–Crippen LogP) is 4.38. The van der Waals surface area contributed by atoms with Crippen LogP contribution in [0.1, 0.15) is 50.7 Å². The maximum absolute atomic E-state index is 12.4. The van der Waals surface area contributed by atoms with Gasteiger partial charge in [-0.25, -0.2) is 9.52 Å². The van der Waals surface area contributed by atoms with Crippen LogP contribution in [-0.4, -0.2) is 14.5 Å². The molecule has 0 saturated heterocycles. The Bertz CT molecular complexity index is 836. The molecule has 0 aliphatic heterocycles. The van der Waals surface area contributed by atoms with Crippen molar-refractivity contribution in [2.45, 2.75) is 39.5 Å². The highest BCUT2D eigenvalue weighted by Gasteiger charge is 2.21. The quantitative estimate of drug-likeness (QED) is 0.783. The lowest BCUT2D eigenvalue weighted by atomic mass is 9.93. The zero-order valence-corrected chi connectivity index (χ0v) is 16.1.